The first-order valence-electron chi connectivity index (χ1n) is 5.62. The Morgan fingerprint density at radius 3 is 2.80 bits per heavy atom. The van der Waals surface area contributed by atoms with Gasteiger partial charge in [-0.25, -0.2) is 4.39 Å². The van der Waals surface area contributed by atoms with Crippen LogP contribution in [0.1, 0.15) is 39.0 Å². The molecule has 0 nitrogen and oxygen atoms in total. The fourth-order valence-corrected chi connectivity index (χ4v) is 1.55. The molecule has 0 saturated carbocycles. The number of hydrogen-bond donors (Lipinski definition) is 0. The standard InChI is InChI=1S/C14H19F/c1-3-4-5-6-7-12(2)13-8-10-14(15)11-9-13/h5-6,8,10H,2-4,7,9,11H2,1H3/b6-5-. The highest BCUT2D eigenvalue weighted by molar-refractivity contribution is 5.36. The van der Waals surface area contributed by atoms with Gasteiger partial charge in [0.25, 0.3) is 0 Å². The first-order chi connectivity index (χ1) is 7.24. The van der Waals surface area contributed by atoms with Crippen molar-refractivity contribution in [2.45, 2.75) is 39.0 Å². The summed E-state index contributed by atoms with van der Waals surface area (Å²) in [5.74, 6) is -0.0203. The highest BCUT2D eigenvalue weighted by atomic mass is 19.1. The minimum absolute atomic E-state index is 0.0203. The molecule has 1 rings (SSSR count). The Morgan fingerprint density at radius 2 is 2.20 bits per heavy atom. The molecule has 0 radical (unpaired) electrons. The SMILES string of the molecule is C=C(C/C=C\CCC)C1=CC=C(F)CC1. The minimum Gasteiger partial charge on any atom is -0.212 e. The molecule has 0 aromatic rings. The first-order valence-corrected chi connectivity index (χ1v) is 5.62. The molecule has 0 bridgehead atoms. The topological polar surface area (TPSA) is 0 Å². The number of halogens is 1. The number of unbranched alkanes of at least 4 members (excludes halogenated alkanes) is 1. The molecule has 0 heterocycles. The van der Waals surface area contributed by atoms with E-state index in [-0.39, 0.29) is 5.83 Å². The summed E-state index contributed by atoms with van der Waals surface area (Å²) in [4.78, 5) is 0. The lowest BCUT2D eigenvalue weighted by atomic mass is 9.96. The molecule has 0 aromatic heterocycles. The largest absolute Gasteiger partial charge is 0.212 e. The summed E-state index contributed by atoms with van der Waals surface area (Å²) in [5, 5.41) is 0. The van der Waals surface area contributed by atoms with Crippen molar-refractivity contribution < 1.29 is 4.39 Å². The number of rotatable bonds is 5. The first kappa shape index (κ1) is 12.0. The van der Waals surface area contributed by atoms with E-state index < -0.39 is 0 Å². The van der Waals surface area contributed by atoms with Gasteiger partial charge in [-0.1, -0.05) is 38.2 Å². The van der Waals surface area contributed by atoms with Crippen molar-refractivity contribution in [2.24, 2.45) is 0 Å². The molecular formula is C14H19F. The Morgan fingerprint density at radius 1 is 1.40 bits per heavy atom. The Bertz CT molecular complexity index is 305. The molecule has 0 aromatic carbocycles. The van der Waals surface area contributed by atoms with Gasteiger partial charge in [-0.15, -0.1) is 0 Å². The summed E-state index contributed by atoms with van der Waals surface area (Å²) in [5.41, 5.74) is 2.31. The third-order valence-electron chi connectivity index (χ3n) is 2.54. The quantitative estimate of drug-likeness (QED) is 0.563. The third-order valence-corrected chi connectivity index (χ3v) is 2.54. The van der Waals surface area contributed by atoms with Crippen molar-refractivity contribution in [1.29, 1.82) is 0 Å². The Labute approximate surface area is 91.9 Å². The monoisotopic (exact) mass is 206 g/mol. The molecule has 1 heteroatoms. The van der Waals surface area contributed by atoms with Crippen LogP contribution in [0, 0.1) is 0 Å². The van der Waals surface area contributed by atoms with Crippen LogP contribution in [-0.2, 0) is 0 Å². The molecule has 0 saturated heterocycles. The van der Waals surface area contributed by atoms with Gasteiger partial charge in [-0.2, -0.15) is 0 Å². The van der Waals surface area contributed by atoms with Crippen molar-refractivity contribution >= 4 is 0 Å². The van der Waals surface area contributed by atoms with E-state index in [4.69, 9.17) is 0 Å². The van der Waals surface area contributed by atoms with Crippen molar-refractivity contribution in [1.82, 2.24) is 0 Å². The average Bonchev–Trinajstić information content (AvgIpc) is 2.25. The van der Waals surface area contributed by atoms with Gasteiger partial charge >= 0.3 is 0 Å². The lowest BCUT2D eigenvalue weighted by Crippen LogP contribution is -1.93. The molecule has 1 aliphatic rings. The molecule has 0 N–H and O–H groups in total. The van der Waals surface area contributed by atoms with Gasteiger partial charge in [-0.05, 0) is 36.5 Å². The van der Waals surface area contributed by atoms with E-state index in [1.165, 1.54) is 12.0 Å². The predicted molar refractivity (Wildman–Crippen MR) is 64.3 cm³/mol. The summed E-state index contributed by atoms with van der Waals surface area (Å²) in [6.07, 6.45) is 12.3. The van der Waals surface area contributed by atoms with Crippen LogP contribution >= 0.6 is 0 Å². The zero-order valence-electron chi connectivity index (χ0n) is 9.43. The molecule has 0 amide bonds. The van der Waals surface area contributed by atoms with Crippen LogP contribution in [0.5, 0.6) is 0 Å². The molecule has 1 aliphatic carbocycles. The van der Waals surface area contributed by atoms with Gasteiger partial charge in [0.15, 0.2) is 0 Å². The molecular weight excluding hydrogens is 187 g/mol. The van der Waals surface area contributed by atoms with E-state index in [9.17, 15) is 4.39 Å². The van der Waals surface area contributed by atoms with E-state index in [0.29, 0.717) is 6.42 Å². The van der Waals surface area contributed by atoms with Crippen LogP contribution in [0.3, 0.4) is 0 Å². The van der Waals surface area contributed by atoms with Crippen molar-refractivity contribution in [3.63, 3.8) is 0 Å². The van der Waals surface area contributed by atoms with Gasteiger partial charge in [0.05, 0.1) is 0 Å². The Kier molecular flexibility index (Phi) is 5.09. The van der Waals surface area contributed by atoms with Crippen LogP contribution in [0.15, 0.2) is 47.9 Å². The normalized spacial score (nSPS) is 16.4. The zero-order chi connectivity index (χ0) is 11.1. The second-order valence-electron chi connectivity index (χ2n) is 3.87. The van der Waals surface area contributed by atoms with Crippen LogP contribution in [0.2, 0.25) is 0 Å². The van der Waals surface area contributed by atoms with Gasteiger partial charge in [0.1, 0.15) is 5.83 Å². The minimum atomic E-state index is -0.0203. The maximum absolute atomic E-state index is 12.7. The zero-order valence-corrected chi connectivity index (χ0v) is 9.43. The molecule has 0 unspecified atom stereocenters. The molecule has 0 atom stereocenters. The van der Waals surface area contributed by atoms with Crippen LogP contribution in [0.4, 0.5) is 4.39 Å². The maximum Gasteiger partial charge on any atom is 0.100 e. The van der Waals surface area contributed by atoms with Crippen LogP contribution < -0.4 is 0 Å². The van der Waals surface area contributed by atoms with E-state index in [2.05, 4.69) is 25.7 Å². The molecule has 0 aliphatic heterocycles. The lowest BCUT2D eigenvalue weighted by Gasteiger charge is -2.11. The average molecular weight is 206 g/mol. The number of hydrogen-bond acceptors (Lipinski definition) is 0. The van der Waals surface area contributed by atoms with E-state index >= 15 is 0 Å². The van der Waals surface area contributed by atoms with Gasteiger partial charge in [0.2, 0.25) is 0 Å². The summed E-state index contributed by atoms with van der Waals surface area (Å²) in [7, 11) is 0. The molecule has 82 valence electrons. The second kappa shape index (κ2) is 6.39. The number of allylic oxidation sites excluding steroid dienone is 7. The highest BCUT2D eigenvalue weighted by Gasteiger charge is 2.07. The van der Waals surface area contributed by atoms with Crippen molar-refractivity contribution in [2.75, 3.05) is 0 Å². The van der Waals surface area contributed by atoms with E-state index in [1.54, 1.807) is 6.08 Å². The van der Waals surface area contributed by atoms with Crippen molar-refractivity contribution in [3.8, 4) is 0 Å². The van der Waals surface area contributed by atoms with Gasteiger partial charge < -0.3 is 0 Å². The van der Waals surface area contributed by atoms with E-state index in [0.717, 1.165) is 24.8 Å². The summed E-state index contributed by atoms with van der Waals surface area (Å²) in [6.45, 7) is 6.19. The predicted octanol–water partition coefficient (Wildman–Crippen LogP) is 4.86. The van der Waals surface area contributed by atoms with Crippen molar-refractivity contribution in [3.05, 3.63) is 47.9 Å². The summed E-state index contributed by atoms with van der Waals surface area (Å²) >= 11 is 0. The lowest BCUT2D eigenvalue weighted by molar-refractivity contribution is 0.583. The van der Waals surface area contributed by atoms with Gasteiger partial charge in [0, 0.05) is 6.42 Å². The van der Waals surface area contributed by atoms with Gasteiger partial charge in [-0.3, -0.25) is 0 Å². The highest BCUT2D eigenvalue weighted by Crippen LogP contribution is 2.25. The molecule has 15 heavy (non-hydrogen) atoms. The smallest absolute Gasteiger partial charge is 0.100 e. The molecule has 0 spiro atoms. The Balaban J connectivity index is 2.41. The maximum atomic E-state index is 12.7. The summed E-state index contributed by atoms with van der Waals surface area (Å²) < 4.78 is 12.7. The van der Waals surface area contributed by atoms with Crippen LogP contribution in [0.25, 0.3) is 0 Å². The Hall–Kier alpha value is -1.11. The van der Waals surface area contributed by atoms with Crippen LogP contribution in [-0.4, -0.2) is 0 Å². The van der Waals surface area contributed by atoms with E-state index in [1.807, 2.05) is 6.08 Å². The second-order valence-corrected chi connectivity index (χ2v) is 3.87. The summed E-state index contributed by atoms with van der Waals surface area (Å²) in [6, 6.07) is 0. The third kappa shape index (κ3) is 4.28. The fraction of sp³-hybridized carbons (Fsp3) is 0.429. The molecule has 0 fully saturated rings. The fourth-order valence-electron chi connectivity index (χ4n) is 1.55.